The van der Waals surface area contributed by atoms with E-state index < -0.39 is 57.8 Å². The largest absolute Gasteiger partial charge is 0.477 e. The number of hydrogen-bond donors (Lipinski definition) is 8. The van der Waals surface area contributed by atoms with Crippen molar-refractivity contribution >= 4 is 26.8 Å². The predicted octanol–water partition coefficient (Wildman–Crippen LogP) is -3.61. The van der Waals surface area contributed by atoms with E-state index in [9.17, 15) is 38.9 Å². The van der Waals surface area contributed by atoms with Gasteiger partial charge in [-0.15, -0.1) is 0 Å². The van der Waals surface area contributed by atoms with Crippen LogP contribution in [0.15, 0.2) is 0 Å². The van der Waals surface area contributed by atoms with Crippen LogP contribution < -0.4 is 5.32 Å². The van der Waals surface area contributed by atoms with Gasteiger partial charge in [0, 0.05) is 6.92 Å². The van der Waals surface area contributed by atoms with Gasteiger partial charge in [-0.05, 0) is 0 Å². The van der Waals surface area contributed by atoms with Crippen molar-refractivity contribution in [2.45, 2.75) is 31.3 Å². The fraction of sp³-hybridized carbons (Fsp3) is 0.750. The summed E-state index contributed by atoms with van der Waals surface area (Å²) in [5, 5.41) is 38.7. The Balaban J connectivity index is 5.55. The summed E-state index contributed by atoms with van der Waals surface area (Å²) in [5.74, 6) is -1.02. The highest BCUT2D eigenvalue weighted by atomic mass is 31.3. The van der Waals surface area contributed by atoms with Crippen LogP contribution in [0.25, 0.3) is 0 Å². The van der Waals surface area contributed by atoms with Gasteiger partial charge in [0.05, 0.1) is 6.61 Å². The lowest BCUT2D eigenvalue weighted by Gasteiger charge is -2.29. The summed E-state index contributed by atoms with van der Waals surface area (Å²) >= 11 is 0. The number of amides is 1. The Bertz CT molecular complexity index is 531. The molecule has 0 aromatic rings. The molecule has 5 atom stereocenters. The highest BCUT2D eigenvalue weighted by molar-refractivity contribution is 7.76. The van der Waals surface area contributed by atoms with E-state index in [2.05, 4.69) is 4.31 Å². The van der Waals surface area contributed by atoms with Gasteiger partial charge in [-0.2, -0.15) is 0 Å². The number of carbonyl (C=O) groups is 2. The van der Waals surface area contributed by atoms with Gasteiger partial charge in [-0.1, -0.05) is 0 Å². The molecule has 1 unspecified atom stereocenters. The third kappa shape index (κ3) is 7.14. The number of hydrogen-bond acceptors (Lipinski definition) is 9. The van der Waals surface area contributed by atoms with Crippen LogP contribution >= 0.6 is 15.4 Å². The molecule has 0 aliphatic carbocycles. The zero-order valence-corrected chi connectivity index (χ0v) is 13.4. The molecule has 0 aromatic carbocycles. The van der Waals surface area contributed by atoms with Crippen molar-refractivity contribution in [3.8, 4) is 0 Å². The normalized spacial score (nSPS) is 20.0. The molecular formula is C8H17NO12P2. The summed E-state index contributed by atoms with van der Waals surface area (Å²) in [6.45, 7) is -0.233. The van der Waals surface area contributed by atoms with Crippen molar-refractivity contribution < 1.29 is 58.1 Å². The Hall–Kier alpha value is -0.720. The van der Waals surface area contributed by atoms with Crippen LogP contribution in [0.2, 0.25) is 0 Å². The van der Waals surface area contributed by atoms with Gasteiger partial charge in [0.1, 0.15) is 24.4 Å². The van der Waals surface area contributed by atoms with Crippen LogP contribution in [0.1, 0.15) is 6.92 Å². The van der Waals surface area contributed by atoms with Crippen molar-refractivity contribution in [1.82, 2.24) is 5.32 Å². The van der Waals surface area contributed by atoms with E-state index in [1.165, 1.54) is 0 Å². The number of aliphatic hydroxyl groups is 4. The molecule has 0 spiro atoms. The summed E-state index contributed by atoms with van der Waals surface area (Å²) in [6, 6.07) is -2.36. The average molecular weight is 381 g/mol. The summed E-state index contributed by atoms with van der Waals surface area (Å²) in [5.41, 5.74) is -2.05. The molecule has 0 rings (SSSR count). The zero-order valence-electron chi connectivity index (χ0n) is 11.6. The molecule has 23 heavy (non-hydrogen) atoms. The topological polar surface area (TPSA) is 231 Å². The maximum atomic E-state index is 11.8. The summed E-state index contributed by atoms with van der Waals surface area (Å²) in [6.07, 6.45) is -6.61. The summed E-state index contributed by atoms with van der Waals surface area (Å²) in [7, 11) is -11.3. The summed E-state index contributed by atoms with van der Waals surface area (Å²) < 4.78 is 25.6. The smallest absolute Gasteiger partial charge is 0.394 e. The number of carbonyl (C=O) groups excluding carboxylic acids is 2. The third-order valence-corrected chi connectivity index (χ3v) is 4.96. The third-order valence-electron chi connectivity index (χ3n) is 2.39. The number of nitrogens with one attached hydrogen (secondary N) is 1. The van der Waals surface area contributed by atoms with Crippen molar-refractivity contribution in [2.24, 2.45) is 0 Å². The molecule has 0 heterocycles. The number of phosphoric acid groups is 1. The van der Waals surface area contributed by atoms with E-state index in [0.717, 1.165) is 6.92 Å². The van der Waals surface area contributed by atoms with Gasteiger partial charge in [-0.3, -0.25) is 14.2 Å². The minimum Gasteiger partial charge on any atom is -0.394 e. The summed E-state index contributed by atoms with van der Waals surface area (Å²) in [4.78, 5) is 49.0. The van der Waals surface area contributed by atoms with E-state index in [-0.39, 0.29) is 0 Å². The lowest BCUT2D eigenvalue weighted by molar-refractivity contribution is -0.132. The second-order valence-corrected chi connectivity index (χ2v) is 7.46. The van der Waals surface area contributed by atoms with E-state index in [4.69, 9.17) is 14.9 Å². The minimum atomic E-state index is -5.68. The van der Waals surface area contributed by atoms with Gasteiger partial charge in [0.15, 0.2) is 0 Å². The maximum absolute atomic E-state index is 11.8. The van der Waals surface area contributed by atoms with Gasteiger partial charge < -0.3 is 40.4 Å². The fourth-order valence-corrected chi connectivity index (χ4v) is 3.45. The van der Waals surface area contributed by atoms with Crippen molar-refractivity contribution in [3.63, 3.8) is 0 Å². The highest BCUT2D eigenvalue weighted by Crippen LogP contribution is 2.58. The van der Waals surface area contributed by atoms with Crippen LogP contribution in [-0.2, 0) is 23.0 Å². The molecule has 0 aliphatic rings. The van der Waals surface area contributed by atoms with Crippen molar-refractivity contribution in [1.29, 1.82) is 0 Å². The lowest BCUT2D eigenvalue weighted by atomic mass is 10.0. The van der Waals surface area contributed by atoms with Gasteiger partial charge in [0.25, 0.3) is 5.52 Å². The quantitative estimate of drug-likeness (QED) is 0.181. The molecule has 0 bridgehead atoms. The zero-order chi connectivity index (χ0) is 18.6. The van der Waals surface area contributed by atoms with Gasteiger partial charge in [0.2, 0.25) is 5.91 Å². The molecule has 0 saturated heterocycles. The second-order valence-electron chi connectivity index (χ2n) is 4.34. The standard InChI is InChI=1S/C8H17NO12P2/c1-3(11)9-5(7(14)6(13)4(12)2-10)8(15)22(16,17)21-23(18,19)20/h4-7,10,12-14H,2H2,1H3,(H,9,11)(H,16,17)(H2,18,19,20)/t4-,5-,6-,7-/m1/s1. The van der Waals surface area contributed by atoms with Crippen LogP contribution in [-0.4, -0.2) is 77.5 Å². The molecule has 0 radical (unpaired) electrons. The Morgan fingerprint density at radius 2 is 1.57 bits per heavy atom. The van der Waals surface area contributed by atoms with Crippen LogP contribution in [0.5, 0.6) is 0 Å². The maximum Gasteiger partial charge on any atom is 0.477 e. The molecule has 8 N–H and O–H groups in total. The Kier molecular flexibility index (Phi) is 8.14. The Labute approximate surface area is 129 Å². The molecule has 0 aromatic heterocycles. The first kappa shape index (κ1) is 22.3. The molecule has 136 valence electrons. The van der Waals surface area contributed by atoms with E-state index >= 15 is 0 Å². The molecular weight excluding hydrogens is 364 g/mol. The first-order chi connectivity index (χ1) is 10.2. The highest BCUT2D eigenvalue weighted by Gasteiger charge is 2.47. The van der Waals surface area contributed by atoms with Gasteiger partial charge in [-0.25, -0.2) is 8.88 Å². The Morgan fingerprint density at radius 3 is 1.91 bits per heavy atom. The molecule has 0 aliphatic heterocycles. The lowest BCUT2D eigenvalue weighted by Crippen LogP contribution is -2.55. The Morgan fingerprint density at radius 1 is 1.09 bits per heavy atom. The predicted molar refractivity (Wildman–Crippen MR) is 70.7 cm³/mol. The number of rotatable bonds is 9. The van der Waals surface area contributed by atoms with Crippen LogP contribution in [0, 0.1) is 0 Å². The van der Waals surface area contributed by atoms with Gasteiger partial charge >= 0.3 is 15.4 Å². The SMILES string of the molecule is CC(=O)N[C@@H](C(=O)P(=O)(O)OP(=O)(O)O)[C@@H](O)[C@H](O)[C@H](O)CO. The van der Waals surface area contributed by atoms with Crippen LogP contribution in [0.3, 0.4) is 0 Å². The fourth-order valence-electron chi connectivity index (χ4n) is 1.41. The molecule has 13 nitrogen and oxygen atoms in total. The van der Waals surface area contributed by atoms with E-state index in [1.807, 2.05) is 0 Å². The molecule has 0 fully saturated rings. The van der Waals surface area contributed by atoms with E-state index in [0.29, 0.717) is 0 Å². The second kappa shape index (κ2) is 8.40. The average Bonchev–Trinajstić information content (AvgIpc) is 2.38. The monoisotopic (exact) mass is 381 g/mol. The first-order valence-corrected chi connectivity index (χ1v) is 8.90. The number of aliphatic hydroxyl groups excluding tert-OH is 4. The van der Waals surface area contributed by atoms with Crippen molar-refractivity contribution in [2.75, 3.05) is 6.61 Å². The molecule has 15 heteroatoms. The van der Waals surface area contributed by atoms with Crippen molar-refractivity contribution in [3.05, 3.63) is 0 Å². The molecule has 0 saturated carbocycles. The van der Waals surface area contributed by atoms with Crippen LogP contribution in [0.4, 0.5) is 0 Å². The molecule has 1 amide bonds. The minimum absolute atomic E-state index is 0.827. The first-order valence-electron chi connectivity index (χ1n) is 5.79. The van der Waals surface area contributed by atoms with E-state index in [1.54, 1.807) is 5.32 Å².